The number of rotatable bonds is 2. The molecule has 6 heteroatoms. The number of amides is 2. The van der Waals surface area contributed by atoms with Gasteiger partial charge in [-0.2, -0.15) is 0 Å². The molecule has 1 N–H and O–H groups in total. The van der Waals surface area contributed by atoms with Crippen LogP contribution >= 0.6 is 0 Å². The fourth-order valence-electron chi connectivity index (χ4n) is 2.85. The van der Waals surface area contributed by atoms with Crippen LogP contribution in [0.4, 0.5) is 4.39 Å². The van der Waals surface area contributed by atoms with Crippen LogP contribution in [0.1, 0.15) is 29.5 Å². The first-order valence-corrected chi connectivity index (χ1v) is 6.62. The van der Waals surface area contributed by atoms with Crippen LogP contribution in [0.3, 0.4) is 0 Å². The fraction of sp³-hybridized carbons (Fsp3) is 0.267. The summed E-state index contributed by atoms with van der Waals surface area (Å²) in [6.07, 6.45) is 3.35. The van der Waals surface area contributed by atoms with Gasteiger partial charge >= 0.3 is 0 Å². The highest BCUT2D eigenvalue weighted by molar-refractivity contribution is 6.02. The maximum atomic E-state index is 14.1. The summed E-state index contributed by atoms with van der Waals surface area (Å²) in [5.41, 5.74) is 1.04. The number of nitrogens with zero attached hydrogens (tertiary/aromatic N) is 2. The van der Waals surface area contributed by atoms with Crippen LogP contribution in [0.2, 0.25) is 0 Å². The SMILES string of the molecule is Cn1cncc1C1CC(=O)NC(=O)C1c1ccccc1F. The molecule has 0 saturated carbocycles. The van der Waals surface area contributed by atoms with Gasteiger partial charge < -0.3 is 4.57 Å². The average Bonchev–Trinajstić information content (AvgIpc) is 2.85. The third-order valence-corrected chi connectivity index (χ3v) is 3.83. The summed E-state index contributed by atoms with van der Waals surface area (Å²) < 4.78 is 15.8. The molecule has 1 aliphatic heterocycles. The van der Waals surface area contributed by atoms with E-state index in [1.165, 1.54) is 6.07 Å². The van der Waals surface area contributed by atoms with Crippen molar-refractivity contribution in [2.45, 2.75) is 18.3 Å². The molecule has 2 unspecified atom stereocenters. The van der Waals surface area contributed by atoms with Gasteiger partial charge in [0.15, 0.2) is 0 Å². The highest BCUT2D eigenvalue weighted by Gasteiger charge is 2.40. The Morgan fingerprint density at radius 2 is 2.10 bits per heavy atom. The summed E-state index contributed by atoms with van der Waals surface area (Å²) in [4.78, 5) is 28.0. The minimum absolute atomic E-state index is 0.129. The van der Waals surface area contributed by atoms with Crippen LogP contribution in [0.5, 0.6) is 0 Å². The van der Waals surface area contributed by atoms with Crippen molar-refractivity contribution in [2.75, 3.05) is 0 Å². The topological polar surface area (TPSA) is 64.0 Å². The minimum atomic E-state index is -0.737. The molecular weight excluding hydrogens is 273 g/mol. The molecule has 1 aromatic heterocycles. The third-order valence-electron chi connectivity index (χ3n) is 3.83. The molecule has 21 heavy (non-hydrogen) atoms. The molecule has 1 saturated heterocycles. The van der Waals surface area contributed by atoms with Gasteiger partial charge in [0.25, 0.3) is 0 Å². The van der Waals surface area contributed by atoms with E-state index in [0.29, 0.717) is 5.56 Å². The maximum Gasteiger partial charge on any atom is 0.234 e. The van der Waals surface area contributed by atoms with E-state index in [4.69, 9.17) is 0 Å². The lowest BCUT2D eigenvalue weighted by molar-refractivity contribution is -0.135. The smallest absolute Gasteiger partial charge is 0.234 e. The molecule has 0 aliphatic carbocycles. The number of hydrogen-bond acceptors (Lipinski definition) is 3. The Balaban J connectivity index is 2.10. The van der Waals surface area contributed by atoms with Crippen molar-refractivity contribution in [1.82, 2.24) is 14.9 Å². The number of benzene rings is 1. The largest absolute Gasteiger partial charge is 0.337 e. The fourth-order valence-corrected chi connectivity index (χ4v) is 2.85. The van der Waals surface area contributed by atoms with E-state index in [1.807, 2.05) is 0 Å². The second kappa shape index (κ2) is 5.12. The Hall–Kier alpha value is -2.50. The summed E-state index contributed by atoms with van der Waals surface area (Å²) in [5.74, 6) is -2.42. The van der Waals surface area contributed by atoms with Crippen molar-refractivity contribution in [1.29, 1.82) is 0 Å². The van der Waals surface area contributed by atoms with Gasteiger partial charge in [-0.15, -0.1) is 0 Å². The maximum absolute atomic E-state index is 14.1. The summed E-state index contributed by atoms with van der Waals surface area (Å²) >= 11 is 0. The monoisotopic (exact) mass is 287 g/mol. The Morgan fingerprint density at radius 3 is 2.76 bits per heavy atom. The highest BCUT2D eigenvalue weighted by Crippen LogP contribution is 2.38. The van der Waals surface area contributed by atoms with Gasteiger partial charge in [0.05, 0.1) is 12.2 Å². The van der Waals surface area contributed by atoms with E-state index in [-0.39, 0.29) is 12.3 Å². The lowest BCUT2D eigenvalue weighted by Crippen LogP contribution is -2.44. The number of nitrogens with one attached hydrogen (secondary N) is 1. The van der Waals surface area contributed by atoms with Gasteiger partial charge in [0.2, 0.25) is 11.8 Å². The van der Waals surface area contributed by atoms with Gasteiger partial charge in [-0.3, -0.25) is 14.9 Å². The minimum Gasteiger partial charge on any atom is -0.337 e. The summed E-state index contributed by atoms with van der Waals surface area (Å²) in [6.45, 7) is 0. The number of hydrogen-bond donors (Lipinski definition) is 1. The number of imide groups is 1. The molecule has 2 amide bonds. The molecule has 1 aliphatic rings. The zero-order valence-corrected chi connectivity index (χ0v) is 11.4. The number of piperidine rings is 1. The van der Waals surface area contributed by atoms with E-state index in [0.717, 1.165) is 5.69 Å². The molecule has 1 aromatic carbocycles. The molecule has 2 atom stereocenters. The molecule has 2 heterocycles. The van der Waals surface area contributed by atoms with Gasteiger partial charge in [-0.05, 0) is 6.07 Å². The summed E-state index contributed by atoms with van der Waals surface area (Å²) in [6, 6.07) is 6.16. The molecule has 0 radical (unpaired) electrons. The Labute approximate surface area is 120 Å². The Morgan fingerprint density at radius 1 is 1.33 bits per heavy atom. The molecule has 3 rings (SSSR count). The highest BCUT2D eigenvalue weighted by atomic mass is 19.1. The van der Waals surface area contributed by atoms with Gasteiger partial charge in [-0.1, -0.05) is 18.2 Å². The van der Waals surface area contributed by atoms with Crippen LogP contribution in [0, 0.1) is 5.82 Å². The lowest BCUT2D eigenvalue weighted by atomic mass is 9.78. The van der Waals surface area contributed by atoms with E-state index in [9.17, 15) is 14.0 Å². The second-order valence-corrected chi connectivity index (χ2v) is 5.15. The molecule has 108 valence electrons. The van der Waals surface area contributed by atoms with Gasteiger partial charge in [0, 0.05) is 36.8 Å². The second-order valence-electron chi connectivity index (χ2n) is 5.15. The van der Waals surface area contributed by atoms with Crippen LogP contribution in [-0.2, 0) is 16.6 Å². The van der Waals surface area contributed by atoms with Crippen molar-refractivity contribution >= 4 is 11.8 Å². The summed E-state index contributed by atoms with van der Waals surface area (Å²) in [5, 5.41) is 2.29. The van der Waals surface area contributed by atoms with Crippen LogP contribution in [0.25, 0.3) is 0 Å². The van der Waals surface area contributed by atoms with Crippen molar-refractivity contribution < 1.29 is 14.0 Å². The normalized spacial score (nSPS) is 22.2. The molecule has 2 aromatic rings. The Kier molecular flexibility index (Phi) is 3.29. The first-order valence-electron chi connectivity index (χ1n) is 6.62. The van der Waals surface area contributed by atoms with Crippen LogP contribution < -0.4 is 5.32 Å². The van der Waals surface area contributed by atoms with Crippen molar-refractivity contribution in [3.63, 3.8) is 0 Å². The number of imidazole rings is 1. The van der Waals surface area contributed by atoms with Crippen LogP contribution in [0.15, 0.2) is 36.8 Å². The van der Waals surface area contributed by atoms with E-state index in [2.05, 4.69) is 10.3 Å². The number of aryl methyl sites for hydroxylation is 1. The van der Waals surface area contributed by atoms with E-state index < -0.39 is 23.6 Å². The number of aromatic nitrogens is 2. The number of carbonyl (C=O) groups excluding carboxylic acids is 2. The first kappa shape index (κ1) is 13.5. The summed E-state index contributed by atoms with van der Waals surface area (Å²) in [7, 11) is 1.79. The molecule has 1 fully saturated rings. The predicted molar refractivity (Wildman–Crippen MR) is 72.9 cm³/mol. The zero-order chi connectivity index (χ0) is 15.0. The zero-order valence-electron chi connectivity index (χ0n) is 11.4. The third kappa shape index (κ3) is 2.33. The molecule has 0 bridgehead atoms. The molecule has 5 nitrogen and oxygen atoms in total. The molecular formula is C15H14FN3O2. The average molecular weight is 287 g/mol. The Bertz CT molecular complexity index is 710. The van der Waals surface area contributed by atoms with Crippen LogP contribution in [-0.4, -0.2) is 21.4 Å². The van der Waals surface area contributed by atoms with Crippen molar-refractivity contribution in [2.24, 2.45) is 7.05 Å². The van der Waals surface area contributed by atoms with E-state index >= 15 is 0 Å². The molecule has 0 spiro atoms. The van der Waals surface area contributed by atoms with Crippen molar-refractivity contribution in [3.8, 4) is 0 Å². The van der Waals surface area contributed by atoms with Gasteiger partial charge in [0.1, 0.15) is 5.82 Å². The van der Waals surface area contributed by atoms with Gasteiger partial charge in [-0.25, -0.2) is 9.37 Å². The quantitative estimate of drug-likeness (QED) is 0.851. The number of carbonyl (C=O) groups is 2. The first-order chi connectivity index (χ1) is 10.1. The lowest BCUT2D eigenvalue weighted by Gasteiger charge is -2.30. The number of halogens is 1. The predicted octanol–water partition coefficient (Wildman–Crippen LogP) is 1.47. The standard InChI is InChI=1S/C15H14FN3O2/c1-19-8-17-7-12(19)10-6-13(20)18-15(21)14(10)9-4-2-3-5-11(9)16/h2-5,7-8,10,14H,6H2,1H3,(H,18,20,21). The van der Waals surface area contributed by atoms with Crippen molar-refractivity contribution in [3.05, 3.63) is 53.9 Å². The van der Waals surface area contributed by atoms with E-state index in [1.54, 1.807) is 42.3 Å².